The maximum atomic E-state index is 13.6. The van der Waals surface area contributed by atoms with Crippen LogP contribution in [0.15, 0.2) is 69.4 Å². The van der Waals surface area contributed by atoms with E-state index < -0.39 is 12.0 Å². The zero-order chi connectivity index (χ0) is 23.5. The summed E-state index contributed by atoms with van der Waals surface area (Å²) >= 11 is 2.74. The highest BCUT2D eigenvalue weighted by molar-refractivity contribution is 7.10. The van der Waals surface area contributed by atoms with Crippen molar-refractivity contribution >= 4 is 34.7 Å². The van der Waals surface area contributed by atoms with Crippen LogP contribution in [-0.2, 0) is 9.53 Å². The lowest BCUT2D eigenvalue weighted by Crippen LogP contribution is -2.39. The number of nitrogens with zero attached hydrogens (tertiary/aromatic N) is 2. The van der Waals surface area contributed by atoms with Gasteiger partial charge in [-0.05, 0) is 36.6 Å². The summed E-state index contributed by atoms with van der Waals surface area (Å²) in [4.78, 5) is 32.4. The molecule has 1 unspecified atom stereocenters. The van der Waals surface area contributed by atoms with E-state index in [2.05, 4.69) is 11.6 Å². The van der Waals surface area contributed by atoms with E-state index in [9.17, 15) is 9.59 Å². The fourth-order valence-electron chi connectivity index (χ4n) is 3.59. The van der Waals surface area contributed by atoms with Gasteiger partial charge in [-0.25, -0.2) is 9.79 Å². The molecule has 0 spiro atoms. The van der Waals surface area contributed by atoms with Crippen molar-refractivity contribution in [3.8, 4) is 11.5 Å². The van der Waals surface area contributed by atoms with Crippen LogP contribution in [0.4, 0.5) is 0 Å². The fourth-order valence-corrected chi connectivity index (χ4v) is 5.45. The number of fused-ring (bicyclic) bond motifs is 1. The van der Waals surface area contributed by atoms with Gasteiger partial charge < -0.3 is 14.2 Å². The van der Waals surface area contributed by atoms with Crippen LogP contribution in [0.25, 0.3) is 6.08 Å². The molecule has 0 bridgehead atoms. The summed E-state index contributed by atoms with van der Waals surface area (Å²) in [7, 11) is 3.14. The van der Waals surface area contributed by atoms with E-state index >= 15 is 0 Å². The molecule has 1 aliphatic heterocycles. The second-order valence-electron chi connectivity index (χ2n) is 7.09. The normalized spacial score (nSPS) is 15.6. The average molecular weight is 483 g/mol. The van der Waals surface area contributed by atoms with Gasteiger partial charge in [-0.3, -0.25) is 9.36 Å². The summed E-state index contributed by atoms with van der Waals surface area (Å²) in [5.74, 6) is 0.724. The lowest BCUT2D eigenvalue weighted by Gasteiger charge is -2.23. The van der Waals surface area contributed by atoms with Crippen LogP contribution in [0.5, 0.6) is 11.5 Å². The molecule has 9 heteroatoms. The van der Waals surface area contributed by atoms with E-state index in [4.69, 9.17) is 14.2 Å². The minimum atomic E-state index is -0.613. The SMILES string of the molecule is C=CCOC(=O)C1=C(C)N=c2sc(=Cc3ccc(OC)cc3OC)c(=O)n2C1c1cccs1. The Morgan fingerprint density at radius 3 is 2.76 bits per heavy atom. The molecule has 0 amide bonds. The number of benzene rings is 1. The number of carbonyl (C=O) groups excluding carboxylic acids is 1. The smallest absolute Gasteiger partial charge is 0.338 e. The summed E-state index contributed by atoms with van der Waals surface area (Å²) in [5, 5.41) is 1.91. The number of ether oxygens (including phenoxy) is 3. The van der Waals surface area contributed by atoms with Crippen LogP contribution in [0, 0.1) is 0 Å². The molecule has 3 aromatic rings. The Hall–Kier alpha value is -3.43. The number of allylic oxidation sites excluding steroid dienone is 1. The van der Waals surface area contributed by atoms with Crippen molar-refractivity contribution in [2.75, 3.05) is 20.8 Å². The van der Waals surface area contributed by atoms with Gasteiger partial charge in [-0.1, -0.05) is 30.1 Å². The molecular weight excluding hydrogens is 460 g/mol. The van der Waals surface area contributed by atoms with Gasteiger partial charge in [0.15, 0.2) is 4.80 Å². The Bertz CT molecular complexity index is 1410. The average Bonchev–Trinajstić information content (AvgIpc) is 3.45. The lowest BCUT2D eigenvalue weighted by atomic mass is 10.0. The van der Waals surface area contributed by atoms with Crippen LogP contribution < -0.4 is 24.4 Å². The van der Waals surface area contributed by atoms with Crippen LogP contribution in [0.3, 0.4) is 0 Å². The molecule has 2 aromatic heterocycles. The Labute approximate surface area is 198 Å². The predicted octanol–water partition coefficient (Wildman–Crippen LogP) is 3.04. The molecule has 0 radical (unpaired) electrons. The molecule has 0 N–H and O–H groups in total. The standard InChI is InChI=1S/C24H22N2O5S2/c1-5-10-31-23(28)20-14(2)25-24-26(21(20)18-7-6-11-32-18)22(27)19(33-24)12-15-8-9-16(29-3)13-17(15)30-4/h5-9,11-13,21H,1,10H2,2-4H3. The topological polar surface area (TPSA) is 79.1 Å². The molecule has 0 fully saturated rings. The highest BCUT2D eigenvalue weighted by Gasteiger charge is 2.33. The van der Waals surface area contributed by atoms with Crippen molar-refractivity contribution in [3.05, 3.63) is 89.8 Å². The van der Waals surface area contributed by atoms with Crippen molar-refractivity contribution in [2.45, 2.75) is 13.0 Å². The van der Waals surface area contributed by atoms with Crippen molar-refractivity contribution < 1.29 is 19.0 Å². The minimum absolute atomic E-state index is 0.0778. The van der Waals surface area contributed by atoms with Gasteiger partial charge in [0.1, 0.15) is 24.1 Å². The molecule has 0 saturated carbocycles. The molecule has 1 aromatic carbocycles. The van der Waals surface area contributed by atoms with Gasteiger partial charge >= 0.3 is 5.97 Å². The van der Waals surface area contributed by atoms with E-state index in [1.807, 2.05) is 23.6 Å². The van der Waals surface area contributed by atoms with Gasteiger partial charge in [0, 0.05) is 16.5 Å². The summed E-state index contributed by atoms with van der Waals surface area (Å²) in [6.07, 6.45) is 3.27. The van der Waals surface area contributed by atoms with Crippen LogP contribution in [-0.4, -0.2) is 31.4 Å². The number of carbonyl (C=O) groups is 1. The Balaban J connectivity index is 1.90. The minimum Gasteiger partial charge on any atom is -0.497 e. The number of rotatable bonds is 7. The fraction of sp³-hybridized carbons (Fsp3) is 0.208. The molecule has 1 atom stereocenters. The molecule has 33 heavy (non-hydrogen) atoms. The van der Waals surface area contributed by atoms with Crippen molar-refractivity contribution in [1.29, 1.82) is 0 Å². The maximum absolute atomic E-state index is 13.6. The van der Waals surface area contributed by atoms with Crippen LogP contribution >= 0.6 is 22.7 Å². The monoisotopic (exact) mass is 482 g/mol. The van der Waals surface area contributed by atoms with Gasteiger partial charge in [0.2, 0.25) is 0 Å². The van der Waals surface area contributed by atoms with E-state index in [0.717, 1.165) is 10.4 Å². The van der Waals surface area contributed by atoms with Crippen molar-refractivity contribution in [3.63, 3.8) is 0 Å². The quantitative estimate of drug-likeness (QED) is 0.382. The van der Waals surface area contributed by atoms with Crippen molar-refractivity contribution in [1.82, 2.24) is 4.57 Å². The summed E-state index contributed by atoms with van der Waals surface area (Å²) in [6, 6.07) is 8.57. The maximum Gasteiger partial charge on any atom is 0.338 e. The third-order valence-electron chi connectivity index (χ3n) is 5.11. The first-order chi connectivity index (χ1) is 16.0. The van der Waals surface area contributed by atoms with E-state index in [-0.39, 0.29) is 12.2 Å². The lowest BCUT2D eigenvalue weighted by molar-refractivity contribution is -0.138. The molecule has 0 aliphatic carbocycles. The summed E-state index contributed by atoms with van der Waals surface area (Å²) in [6.45, 7) is 5.43. The zero-order valence-electron chi connectivity index (χ0n) is 18.4. The molecule has 0 saturated heterocycles. The predicted molar refractivity (Wildman–Crippen MR) is 129 cm³/mol. The molecule has 1 aliphatic rings. The largest absolute Gasteiger partial charge is 0.497 e. The number of methoxy groups -OCH3 is 2. The van der Waals surface area contributed by atoms with E-state index in [1.165, 1.54) is 28.7 Å². The number of hydrogen-bond acceptors (Lipinski definition) is 8. The highest BCUT2D eigenvalue weighted by atomic mass is 32.1. The van der Waals surface area contributed by atoms with E-state index in [1.54, 1.807) is 43.9 Å². The number of thiophene rings is 1. The summed E-state index contributed by atoms with van der Waals surface area (Å²) < 4.78 is 18.1. The molecule has 3 heterocycles. The third kappa shape index (κ3) is 4.29. The first kappa shape index (κ1) is 22.8. The van der Waals surface area contributed by atoms with Gasteiger partial charge in [-0.15, -0.1) is 11.3 Å². The van der Waals surface area contributed by atoms with Crippen molar-refractivity contribution in [2.24, 2.45) is 4.99 Å². The summed E-state index contributed by atoms with van der Waals surface area (Å²) in [5.41, 5.74) is 1.37. The number of thiazole rings is 1. The zero-order valence-corrected chi connectivity index (χ0v) is 20.0. The Kier molecular flexibility index (Phi) is 6.62. The van der Waals surface area contributed by atoms with Gasteiger partial charge in [0.05, 0.1) is 30.0 Å². The Morgan fingerprint density at radius 1 is 1.27 bits per heavy atom. The molecule has 7 nitrogen and oxygen atoms in total. The first-order valence-electron chi connectivity index (χ1n) is 10.0. The van der Waals surface area contributed by atoms with Gasteiger partial charge in [0.25, 0.3) is 5.56 Å². The number of esters is 1. The number of hydrogen-bond donors (Lipinski definition) is 0. The van der Waals surface area contributed by atoms with Gasteiger partial charge in [-0.2, -0.15) is 0 Å². The Morgan fingerprint density at radius 2 is 2.09 bits per heavy atom. The molecule has 170 valence electrons. The third-order valence-corrected chi connectivity index (χ3v) is 7.02. The van der Waals surface area contributed by atoms with Crippen LogP contribution in [0.2, 0.25) is 0 Å². The van der Waals surface area contributed by atoms with E-state index in [0.29, 0.717) is 32.1 Å². The van der Waals surface area contributed by atoms with Crippen LogP contribution in [0.1, 0.15) is 23.4 Å². The highest BCUT2D eigenvalue weighted by Crippen LogP contribution is 2.33. The first-order valence-corrected chi connectivity index (χ1v) is 11.7. The number of aromatic nitrogens is 1. The second kappa shape index (κ2) is 9.60. The second-order valence-corrected chi connectivity index (χ2v) is 9.08. The molecular formula is C24H22N2O5S2. The molecule has 4 rings (SSSR count).